The van der Waals surface area contributed by atoms with Gasteiger partial charge in [-0.3, -0.25) is 0 Å². The van der Waals surface area contributed by atoms with E-state index in [1.54, 1.807) is 29.2 Å². The maximum Gasteiger partial charge on any atom is 0.322 e. The summed E-state index contributed by atoms with van der Waals surface area (Å²) in [4.78, 5) is 16.9. The minimum Gasteiger partial charge on any atom is -0.348 e. The minimum atomic E-state index is -0.350. The molecule has 1 aromatic heterocycles. The Labute approximate surface area is 214 Å². The molecule has 0 spiro atoms. The maximum atomic E-state index is 13.4. The second kappa shape index (κ2) is 10.5. The van der Waals surface area contributed by atoms with Crippen LogP contribution in [0.15, 0.2) is 72.8 Å². The van der Waals surface area contributed by atoms with E-state index in [0.29, 0.717) is 24.5 Å². The van der Waals surface area contributed by atoms with Gasteiger partial charge in [-0.1, -0.05) is 24.3 Å². The van der Waals surface area contributed by atoms with Gasteiger partial charge in [0.2, 0.25) is 0 Å². The molecule has 0 bridgehead atoms. The monoisotopic (exact) mass is 509 g/mol. The lowest BCUT2D eigenvalue weighted by Crippen LogP contribution is -2.59. The van der Waals surface area contributed by atoms with Crippen molar-refractivity contribution in [3.8, 4) is 11.3 Å². The number of fused-ring (bicyclic) bond motifs is 1. The average Bonchev–Trinajstić information content (AvgIpc) is 2.86. The molecule has 5 rings (SSSR count). The first kappa shape index (κ1) is 25.3. The number of rotatable bonds is 3. The molecule has 0 aliphatic carbocycles. The van der Waals surface area contributed by atoms with E-state index in [1.807, 2.05) is 38.1 Å². The molecule has 4 aromatic rings. The van der Waals surface area contributed by atoms with Gasteiger partial charge in [-0.05, 0) is 62.4 Å². The smallest absolute Gasteiger partial charge is 0.322 e. The number of nitrogens with one attached hydrogen (secondary N) is 1. The Bertz CT molecular complexity index is 1370. The summed E-state index contributed by atoms with van der Waals surface area (Å²) in [6.45, 7) is 5.11. The molecule has 36 heavy (non-hydrogen) atoms. The van der Waals surface area contributed by atoms with Crippen LogP contribution in [0.3, 0.4) is 0 Å². The van der Waals surface area contributed by atoms with E-state index < -0.39 is 0 Å². The summed E-state index contributed by atoms with van der Waals surface area (Å²) >= 11 is 0. The molecule has 1 aliphatic rings. The average molecular weight is 510 g/mol. The Hall–Kier alpha value is -3.78. The fourth-order valence-corrected chi connectivity index (χ4v) is 4.56. The van der Waals surface area contributed by atoms with E-state index in [4.69, 9.17) is 0 Å². The summed E-state index contributed by atoms with van der Waals surface area (Å²) in [5.41, 5.74) is 2.04. The molecule has 6 nitrogen and oxygen atoms in total. The van der Waals surface area contributed by atoms with E-state index in [1.165, 1.54) is 24.3 Å². The van der Waals surface area contributed by atoms with Gasteiger partial charge in [-0.2, -0.15) is 0 Å². The number of nitrogens with zero attached hydrogens (tertiary/aromatic N) is 4. The molecule has 1 fully saturated rings. The third-order valence-electron chi connectivity index (χ3n) is 6.40. The SMILES string of the molecule is CC1CN(c2nnc(-c3ccc(F)cc3)c3ccccc23)C(C)CN1C(=O)Nc1ccc(F)cc1.Cl. The minimum absolute atomic E-state index is 0. The van der Waals surface area contributed by atoms with Crippen molar-refractivity contribution in [1.82, 2.24) is 15.1 Å². The van der Waals surface area contributed by atoms with Crippen molar-refractivity contribution in [1.29, 1.82) is 0 Å². The highest BCUT2D eigenvalue weighted by Crippen LogP contribution is 2.33. The predicted molar refractivity (Wildman–Crippen MR) is 141 cm³/mol. The van der Waals surface area contributed by atoms with Gasteiger partial charge in [0.25, 0.3) is 0 Å². The molecular weight excluding hydrogens is 484 g/mol. The van der Waals surface area contributed by atoms with Crippen LogP contribution in [0, 0.1) is 11.6 Å². The molecule has 1 N–H and O–H groups in total. The third-order valence-corrected chi connectivity index (χ3v) is 6.40. The van der Waals surface area contributed by atoms with Crippen LogP contribution in [0.5, 0.6) is 0 Å². The van der Waals surface area contributed by atoms with E-state index in [0.717, 1.165) is 22.2 Å². The molecule has 0 radical (unpaired) electrons. The van der Waals surface area contributed by atoms with Crippen LogP contribution < -0.4 is 10.2 Å². The van der Waals surface area contributed by atoms with Crippen LogP contribution in [0.4, 0.5) is 25.1 Å². The second-order valence-electron chi connectivity index (χ2n) is 8.86. The Morgan fingerprint density at radius 2 is 1.44 bits per heavy atom. The summed E-state index contributed by atoms with van der Waals surface area (Å²) in [7, 11) is 0. The normalized spacial score (nSPS) is 17.6. The topological polar surface area (TPSA) is 61.4 Å². The molecule has 2 amide bonds. The molecule has 186 valence electrons. The van der Waals surface area contributed by atoms with E-state index in [2.05, 4.69) is 20.4 Å². The quantitative estimate of drug-likeness (QED) is 0.361. The Morgan fingerprint density at radius 1 is 0.833 bits per heavy atom. The fraction of sp³-hybridized carbons (Fsp3) is 0.222. The maximum absolute atomic E-state index is 13.4. The first-order valence-corrected chi connectivity index (χ1v) is 11.5. The number of aromatic nitrogens is 2. The molecule has 9 heteroatoms. The number of benzene rings is 3. The Kier molecular flexibility index (Phi) is 7.35. The lowest BCUT2D eigenvalue weighted by atomic mass is 10.0. The van der Waals surface area contributed by atoms with Crippen molar-refractivity contribution < 1.29 is 13.6 Å². The number of piperazine rings is 1. The largest absolute Gasteiger partial charge is 0.348 e. The number of carbonyl (C=O) groups is 1. The van der Waals surface area contributed by atoms with Crippen molar-refractivity contribution in [2.24, 2.45) is 0 Å². The molecule has 2 heterocycles. The van der Waals surface area contributed by atoms with Gasteiger partial charge in [0.1, 0.15) is 17.3 Å². The molecule has 1 saturated heterocycles. The summed E-state index contributed by atoms with van der Waals surface area (Å²) in [5.74, 6) is 0.105. The summed E-state index contributed by atoms with van der Waals surface area (Å²) in [6.07, 6.45) is 0. The van der Waals surface area contributed by atoms with Crippen LogP contribution in [0.2, 0.25) is 0 Å². The Balaban J connectivity index is 0.00000304. The molecule has 2 atom stereocenters. The fourth-order valence-electron chi connectivity index (χ4n) is 4.56. The number of urea groups is 1. The van der Waals surface area contributed by atoms with Crippen molar-refractivity contribution in [2.45, 2.75) is 25.9 Å². The lowest BCUT2D eigenvalue weighted by Gasteiger charge is -2.44. The lowest BCUT2D eigenvalue weighted by molar-refractivity contribution is 0.173. The van der Waals surface area contributed by atoms with Crippen LogP contribution in [-0.4, -0.2) is 46.3 Å². The van der Waals surface area contributed by atoms with Crippen molar-refractivity contribution >= 4 is 40.7 Å². The van der Waals surface area contributed by atoms with Crippen molar-refractivity contribution in [3.63, 3.8) is 0 Å². The molecular formula is C27H26ClF2N5O. The van der Waals surface area contributed by atoms with E-state index >= 15 is 0 Å². The predicted octanol–water partition coefficient (Wildman–Crippen LogP) is 6.13. The van der Waals surface area contributed by atoms with E-state index in [-0.39, 0.29) is 42.2 Å². The van der Waals surface area contributed by atoms with E-state index in [9.17, 15) is 13.6 Å². The molecule has 0 saturated carbocycles. The van der Waals surface area contributed by atoms with Gasteiger partial charge in [0, 0.05) is 47.2 Å². The van der Waals surface area contributed by atoms with Gasteiger partial charge in [0.15, 0.2) is 5.82 Å². The van der Waals surface area contributed by atoms with Crippen molar-refractivity contribution in [3.05, 3.63) is 84.4 Å². The highest BCUT2D eigenvalue weighted by molar-refractivity contribution is 6.00. The van der Waals surface area contributed by atoms with Gasteiger partial charge in [0.05, 0.1) is 0 Å². The number of hydrogen-bond donors (Lipinski definition) is 1. The van der Waals surface area contributed by atoms with Gasteiger partial charge < -0.3 is 15.1 Å². The molecule has 3 aromatic carbocycles. The van der Waals surface area contributed by atoms with Gasteiger partial charge in [-0.15, -0.1) is 22.6 Å². The highest BCUT2D eigenvalue weighted by atomic mass is 35.5. The zero-order valence-corrected chi connectivity index (χ0v) is 20.7. The Morgan fingerprint density at radius 3 is 2.11 bits per heavy atom. The standard InChI is InChI=1S/C27H25F2N5O.ClH/c1-17-16-34(27(35)30-22-13-11-21(29)12-14-22)18(2)15-33(17)26-24-6-4-3-5-23(24)25(31-32-26)19-7-9-20(28)10-8-19;/h3-14,17-18H,15-16H2,1-2H3,(H,30,35);1H. The van der Waals surface area contributed by atoms with Crippen LogP contribution in [0.25, 0.3) is 22.0 Å². The zero-order chi connectivity index (χ0) is 24.5. The number of carbonyl (C=O) groups excluding carboxylic acids is 1. The van der Waals surface area contributed by atoms with Crippen LogP contribution in [0.1, 0.15) is 13.8 Å². The van der Waals surface area contributed by atoms with Gasteiger partial charge >= 0.3 is 6.03 Å². The molecule has 2 unspecified atom stereocenters. The zero-order valence-electron chi connectivity index (χ0n) is 19.9. The third kappa shape index (κ3) is 4.95. The highest BCUT2D eigenvalue weighted by Gasteiger charge is 2.34. The van der Waals surface area contributed by atoms with Crippen LogP contribution >= 0.6 is 12.4 Å². The number of amides is 2. The van der Waals surface area contributed by atoms with Crippen LogP contribution in [-0.2, 0) is 0 Å². The summed E-state index contributed by atoms with van der Waals surface area (Å²) in [5, 5.41) is 13.8. The number of hydrogen-bond acceptors (Lipinski definition) is 4. The molecule has 1 aliphatic heterocycles. The second-order valence-corrected chi connectivity index (χ2v) is 8.86. The van der Waals surface area contributed by atoms with Crippen molar-refractivity contribution in [2.75, 3.05) is 23.3 Å². The number of anilines is 2. The first-order chi connectivity index (χ1) is 16.9. The first-order valence-electron chi connectivity index (χ1n) is 11.5. The van der Waals surface area contributed by atoms with Gasteiger partial charge in [-0.25, -0.2) is 13.6 Å². The number of halogens is 3. The summed E-state index contributed by atoms with van der Waals surface area (Å²) < 4.78 is 26.6. The summed E-state index contributed by atoms with van der Waals surface area (Å²) in [6, 6.07) is 19.5.